The molecule has 6 rings (SSSR count). The summed E-state index contributed by atoms with van der Waals surface area (Å²) in [6, 6.07) is 16.3. The maximum absolute atomic E-state index is 12.4. The van der Waals surface area contributed by atoms with Gasteiger partial charge < -0.3 is 24.0 Å². The summed E-state index contributed by atoms with van der Waals surface area (Å²) in [7, 11) is 0. The Morgan fingerprint density at radius 3 is 2.42 bits per heavy atom. The minimum absolute atomic E-state index is 0.0956. The van der Waals surface area contributed by atoms with E-state index < -0.39 is 5.60 Å². The third kappa shape index (κ3) is 6.47. The van der Waals surface area contributed by atoms with Crippen molar-refractivity contribution >= 4 is 23.2 Å². The number of amides is 1. The molecule has 0 atom stereocenters. The summed E-state index contributed by atoms with van der Waals surface area (Å²) in [5.41, 5.74) is 6.18. The third-order valence-electron chi connectivity index (χ3n) is 7.82. The number of ether oxygens (including phenoxy) is 3. The number of anilines is 1. The number of benzene rings is 2. The van der Waals surface area contributed by atoms with E-state index >= 15 is 0 Å². The van der Waals surface area contributed by atoms with Crippen molar-refractivity contribution < 1.29 is 19.0 Å². The van der Waals surface area contributed by atoms with Gasteiger partial charge in [-0.15, -0.1) is 0 Å². The maximum atomic E-state index is 12.4. The fourth-order valence-corrected chi connectivity index (χ4v) is 5.59. The molecule has 43 heavy (non-hydrogen) atoms. The van der Waals surface area contributed by atoms with E-state index in [-0.39, 0.29) is 12.2 Å². The molecule has 1 amide bonds. The Morgan fingerprint density at radius 2 is 1.72 bits per heavy atom. The highest BCUT2D eigenvalue weighted by Gasteiger charge is 2.28. The second-order valence-corrected chi connectivity index (χ2v) is 12.0. The van der Waals surface area contributed by atoms with E-state index in [4.69, 9.17) is 19.2 Å². The van der Waals surface area contributed by atoms with Crippen LogP contribution in [0.4, 0.5) is 16.2 Å². The molecule has 10 heteroatoms. The molecule has 3 aliphatic rings. The molecule has 2 saturated heterocycles. The Morgan fingerprint density at radius 1 is 1.00 bits per heavy atom. The highest BCUT2D eigenvalue weighted by Crippen LogP contribution is 2.37. The van der Waals surface area contributed by atoms with Crippen LogP contribution in [0.3, 0.4) is 0 Å². The fourth-order valence-electron chi connectivity index (χ4n) is 5.59. The van der Waals surface area contributed by atoms with Gasteiger partial charge in [0.1, 0.15) is 35.5 Å². The first kappa shape index (κ1) is 28.6. The van der Waals surface area contributed by atoms with Crippen molar-refractivity contribution in [3.05, 3.63) is 65.6 Å². The van der Waals surface area contributed by atoms with E-state index in [0.717, 1.165) is 54.5 Å². The Bertz CT molecular complexity index is 1560. The molecule has 10 nitrogen and oxygen atoms in total. The van der Waals surface area contributed by atoms with Gasteiger partial charge in [0, 0.05) is 56.7 Å². The number of fused-ring (bicyclic) bond motifs is 1. The zero-order valence-corrected chi connectivity index (χ0v) is 24.9. The van der Waals surface area contributed by atoms with E-state index in [1.165, 1.54) is 5.69 Å². The fraction of sp³-hybridized carbons (Fsp3) is 0.424. The van der Waals surface area contributed by atoms with E-state index in [1.54, 1.807) is 17.3 Å². The minimum Gasteiger partial charge on any atom is -0.489 e. The van der Waals surface area contributed by atoms with Crippen LogP contribution in [-0.2, 0) is 15.9 Å². The molecule has 0 unspecified atom stereocenters. The summed E-state index contributed by atoms with van der Waals surface area (Å²) < 4.78 is 17.2. The molecule has 0 radical (unpaired) electrons. The van der Waals surface area contributed by atoms with Gasteiger partial charge in [0.2, 0.25) is 0 Å². The number of likely N-dealkylation sites (tertiary alicyclic amines) is 1. The van der Waals surface area contributed by atoms with Crippen LogP contribution in [0, 0.1) is 11.3 Å². The molecule has 0 spiro atoms. The van der Waals surface area contributed by atoms with E-state index in [9.17, 15) is 10.1 Å². The monoisotopic (exact) mass is 580 g/mol. The average Bonchev–Trinajstić information content (AvgIpc) is 3.46. The standard InChI is InChI=1S/C33H36N6O4/c1-33(2,3)43-32(40)39-12-10-26(11-13-39)42-29-9-6-23(18-24(29)20-34)30-31-28(35-21-36-30)19-27(37-31)22-4-7-25(8-5-22)38-14-16-41-17-15-38/h4-9,18,21,26H,10-17,19H2,1-3H3. The van der Waals surface area contributed by atoms with Crippen LogP contribution in [0.5, 0.6) is 5.75 Å². The van der Waals surface area contributed by atoms with Crippen molar-refractivity contribution in [2.45, 2.75) is 51.7 Å². The van der Waals surface area contributed by atoms with Crippen LogP contribution in [0.2, 0.25) is 0 Å². The van der Waals surface area contributed by atoms with Gasteiger partial charge in [0.25, 0.3) is 0 Å². The second-order valence-electron chi connectivity index (χ2n) is 12.0. The van der Waals surface area contributed by atoms with Crippen LogP contribution in [0.15, 0.2) is 53.8 Å². The van der Waals surface area contributed by atoms with Crippen molar-refractivity contribution in [2.24, 2.45) is 4.99 Å². The van der Waals surface area contributed by atoms with Gasteiger partial charge in [-0.3, -0.25) is 0 Å². The van der Waals surface area contributed by atoms with Crippen molar-refractivity contribution in [3.8, 4) is 23.1 Å². The lowest BCUT2D eigenvalue weighted by molar-refractivity contribution is 0.0126. The summed E-state index contributed by atoms with van der Waals surface area (Å²) in [5, 5.41) is 9.97. The van der Waals surface area contributed by atoms with Crippen molar-refractivity contribution in [1.29, 1.82) is 5.26 Å². The van der Waals surface area contributed by atoms with Gasteiger partial charge in [-0.25, -0.2) is 19.8 Å². The number of nitrogens with zero attached hydrogens (tertiary/aromatic N) is 6. The van der Waals surface area contributed by atoms with E-state index in [0.29, 0.717) is 49.4 Å². The summed E-state index contributed by atoms with van der Waals surface area (Å²) in [4.78, 5) is 30.5. The Labute approximate surface area is 251 Å². The Hall–Kier alpha value is -4.49. The normalized spacial score (nSPS) is 17.2. The molecule has 0 aliphatic carbocycles. The SMILES string of the molecule is CC(C)(C)OC(=O)N1CCC(Oc2ccc(-c3ncnc4c3N=C(c3ccc(N5CCOCC5)cc3)C4)cc2C#N)CC1. The molecule has 0 bridgehead atoms. The number of hydrogen-bond donors (Lipinski definition) is 0. The van der Waals surface area contributed by atoms with Gasteiger partial charge in [-0.05, 0) is 56.7 Å². The van der Waals surface area contributed by atoms with Crippen molar-refractivity contribution in [3.63, 3.8) is 0 Å². The lowest BCUT2D eigenvalue weighted by atomic mass is 10.0. The smallest absolute Gasteiger partial charge is 0.410 e. The first-order valence-electron chi connectivity index (χ1n) is 14.8. The van der Waals surface area contributed by atoms with Gasteiger partial charge in [-0.2, -0.15) is 5.26 Å². The number of aliphatic imine (C=N–C) groups is 1. The predicted octanol–water partition coefficient (Wildman–Crippen LogP) is 5.31. The number of hydrogen-bond acceptors (Lipinski definition) is 9. The molecule has 1 aromatic heterocycles. The molecule has 3 aliphatic heterocycles. The van der Waals surface area contributed by atoms with E-state index in [2.05, 4.69) is 45.2 Å². The first-order valence-corrected chi connectivity index (χ1v) is 14.8. The topological polar surface area (TPSA) is 113 Å². The van der Waals surface area contributed by atoms with Crippen molar-refractivity contribution in [1.82, 2.24) is 14.9 Å². The molecule has 4 heterocycles. The number of morpholine rings is 1. The number of carbonyl (C=O) groups excluding carboxylic acids is 1. The molecule has 3 aromatic rings. The second kappa shape index (κ2) is 12.0. The summed E-state index contributed by atoms with van der Waals surface area (Å²) in [5.74, 6) is 0.525. The number of piperidine rings is 1. The number of carbonyl (C=O) groups is 1. The summed E-state index contributed by atoms with van der Waals surface area (Å²) in [6.07, 6.45) is 3.11. The lowest BCUT2D eigenvalue weighted by Crippen LogP contribution is -2.44. The van der Waals surface area contributed by atoms with Crippen LogP contribution >= 0.6 is 0 Å². The van der Waals surface area contributed by atoms with E-state index in [1.807, 2.05) is 32.9 Å². The lowest BCUT2D eigenvalue weighted by Gasteiger charge is -2.33. The van der Waals surface area contributed by atoms with Crippen LogP contribution in [0.1, 0.15) is 50.4 Å². The summed E-state index contributed by atoms with van der Waals surface area (Å²) in [6.45, 7) is 9.97. The van der Waals surface area contributed by atoms with Crippen molar-refractivity contribution in [2.75, 3.05) is 44.3 Å². The van der Waals surface area contributed by atoms with Gasteiger partial charge >= 0.3 is 6.09 Å². The third-order valence-corrected chi connectivity index (χ3v) is 7.82. The molecular weight excluding hydrogens is 544 g/mol. The molecule has 222 valence electrons. The molecule has 2 aromatic carbocycles. The number of aromatic nitrogens is 2. The zero-order valence-electron chi connectivity index (χ0n) is 24.9. The quantitative estimate of drug-likeness (QED) is 0.399. The highest BCUT2D eigenvalue weighted by molar-refractivity contribution is 6.07. The van der Waals surface area contributed by atoms with Crippen LogP contribution < -0.4 is 9.64 Å². The number of rotatable bonds is 5. The molecule has 0 saturated carbocycles. The van der Waals surface area contributed by atoms with Crippen LogP contribution in [0.25, 0.3) is 11.3 Å². The van der Waals surface area contributed by atoms with Gasteiger partial charge in [-0.1, -0.05) is 12.1 Å². The van der Waals surface area contributed by atoms with Crippen LogP contribution in [-0.4, -0.2) is 77.8 Å². The maximum Gasteiger partial charge on any atom is 0.410 e. The van der Waals surface area contributed by atoms with Gasteiger partial charge in [0.15, 0.2) is 0 Å². The zero-order chi connectivity index (χ0) is 30.0. The molecular formula is C33H36N6O4. The van der Waals surface area contributed by atoms with Gasteiger partial charge in [0.05, 0.1) is 35.9 Å². The Kier molecular flexibility index (Phi) is 8.00. The Balaban J connectivity index is 1.15. The number of nitriles is 1. The molecule has 2 fully saturated rings. The first-order chi connectivity index (χ1) is 20.8. The average molecular weight is 581 g/mol. The summed E-state index contributed by atoms with van der Waals surface area (Å²) >= 11 is 0. The predicted molar refractivity (Wildman–Crippen MR) is 163 cm³/mol. The molecule has 0 N–H and O–H groups in total. The highest BCUT2D eigenvalue weighted by atomic mass is 16.6. The minimum atomic E-state index is -0.528. The largest absolute Gasteiger partial charge is 0.489 e.